The van der Waals surface area contributed by atoms with Gasteiger partial charge in [-0.25, -0.2) is 4.79 Å². The van der Waals surface area contributed by atoms with Gasteiger partial charge in [0.1, 0.15) is 0 Å². The van der Waals surface area contributed by atoms with Gasteiger partial charge in [0.2, 0.25) is 0 Å². The van der Waals surface area contributed by atoms with Crippen LogP contribution >= 0.6 is 0 Å². The van der Waals surface area contributed by atoms with Crippen LogP contribution in [0.1, 0.15) is 11.3 Å². The van der Waals surface area contributed by atoms with Gasteiger partial charge in [-0.15, -0.1) is 0 Å². The van der Waals surface area contributed by atoms with Crippen LogP contribution in [0.5, 0.6) is 0 Å². The zero-order chi connectivity index (χ0) is 9.84. The van der Waals surface area contributed by atoms with E-state index >= 15 is 0 Å². The van der Waals surface area contributed by atoms with E-state index in [1.807, 2.05) is 6.92 Å². The van der Waals surface area contributed by atoms with E-state index in [1.165, 1.54) is 12.3 Å². The minimum atomic E-state index is -0.990. The largest absolute Gasteiger partial charge is 0.478 e. The molecule has 0 atom stereocenters. The van der Waals surface area contributed by atoms with Crippen LogP contribution in [-0.2, 0) is 4.79 Å². The van der Waals surface area contributed by atoms with Gasteiger partial charge in [0.05, 0.1) is 17.6 Å². The second kappa shape index (κ2) is 3.71. The minimum Gasteiger partial charge on any atom is -0.478 e. The molecule has 1 aromatic rings. The van der Waals surface area contributed by atoms with E-state index in [0.29, 0.717) is 11.4 Å². The molecule has 3 N–H and O–H groups in total. The van der Waals surface area contributed by atoms with E-state index in [-0.39, 0.29) is 0 Å². The molecule has 0 aliphatic heterocycles. The van der Waals surface area contributed by atoms with Gasteiger partial charge in [-0.1, -0.05) is 0 Å². The van der Waals surface area contributed by atoms with Gasteiger partial charge in [0.25, 0.3) is 0 Å². The zero-order valence-electron chi connectivity index (χ0n) is 7.19. The normalized spacial score (nSPS) is 10.5. The van der Waals surface area contributed by atoms with Gasteiger partial charge in [0.15, 0.2) is 0 Å². The maximum absolute atomic E-state index is 10.2. The summed E-state index contributed by atoms with van der Waals surface area (Å²) in [4.78, 5) is 14.1. The number of aliphatic carboxylic acids is 1. The summed E-state index contributed by atoms with van der Waals surface area (Å²) in [5.41, 5.74) is 7.63. The summed E-state index contributed by atoms with van der Waals surface area (Å²) < 4.78 is 0. The Labute approximate surface area is 75.7 Å². The maximum Gasteiger partial charge on any atom is 0.328 e. The van der Waals surface area contributed by atoms with Crippen molar-refractivity contribution in [2.24, 2.45) is 0 Å². The number of aromatic nitrogens is 1. The molecule has 0 amide bonds. The fraction of sp³-hybridized carbons (Fsp3) is 0.111. The second-order valence-corrected chi connectivity index (χ2v) is 2.64. The van der Waals surface area contributed by atoms with Crippen LogP contribution in [0.25, 0.3) is 6.08 Å². The van der Waals surface area contributed by atoms with Gasteiger partial charge in [-0.05, 0) is 24.6 Å². The van der Waals surface area contributed by atoms with E-state index < -0.39 is 5.97 Å². The molecule has 0 fully saturated rings. The van der Waals surface area contributed by atoms with Crippen molar-refractivity contribution in [1.29, 1.82) is 0 Å². The molecule has 0 bridgehead atoms. The number of pyridine rings is 1. The number of nitrogens with zero attached hydrogens (tertiary/aromatic N) is 1. The highest BCUT2D eigenvalue weighted by Gasteiger charge is 1.95. The molecule has 0 aliphatic carbocycles. The smallest absolute Gasteiger partial charge is 0.328 e. The van der Waals surface area contributed by atoms with Gasteiger partial charge >= 0.3 is 5.97 Å². The fourth-order valence-electron chi connectivity index (χ4n) is 0.836. The first-order valence-electron chi connectivity index (χ1n) is 3.72. The molecular formula is C9H10N2O2. The molecule has 13 heavy (non-hydrogen) atoms. The highest BCUT2D eigenvalue weighted by Crippen LogP contribution is 2.10. The Morgan fingerprint density at radius 2 is 2.38 bits per heavy atom. The molecule has 0 spiro atoms. The third-order valence-electron chi connectivity index (χ3n) is 1.57. The van der Waals surface area contributed by atoms with Crippen LogP contribution in [0, 0.1) is 6.92 Å². The van der Waals surface area contributed by atoms with Crippen molar-refractivity contribution in [3.05, 3.63) is 29.6 Å². The lowest BCUT2D eigenvalue weighted by Gasteiger charge is -1.98. The molecule has 0 saturated carbocycles. The summed E-state index contributed by atoms with van der Waals surface area (Å²) in [6.07, 6.45) is 3.98. The molecule has 68 valence electrons. The Kier molecular flexibility index (Phi) is 2.64. The van der Waals surface area contributed by atoms with Gasteiger partial charge in [-0.3, -0.25) is 4.98 Å². The number of nitrogen functional groups attached to an aromatic ring is 1. The number of hydrogen-bond acceptors (Lipinski definition) is 3. The van der Waals surface area contributed by atoms with Gasteiger partial charge in [0, 0.05) is 6.08 Å². The van der Waals surface area contributed by atoms with E-state index in [4.69, 9.17) is 10.8 Å². The van der Waals surface area contributed by atoms with Gasteiger partial charge < -0.3 is 10.8 Å². The molecule has 0 saturated heterocycles. The quantitative estimate of drug-likeness (QED) is 0.664. The van der Waals surface area contributed by atoms with Crippen molar-refractivity contribution in [2.75, 3.05) is 5.73 Å². The Hall–Kier alpha value is -1.84. The van der Waals surface area contributed by atoms with E-state index in [2.05, 4.69) is 4.98 Å². The average molecular weight is 178 g/mol. The van der Waals surface area contributed by atoms with Crippen LogP contribution in [0.3, 0.4) is 0 Å². The Bertz CT molecular complexity index is 359. The molecule has 1 heterocycles. The topological polar surface area (TPSA) is 76.2 Å². The molecule has 1 rings (SSSR count). The first-order valence-corrected chi connectivity index (χ1v) is 3.72. The summed E-state index contributed by atoms with van der Waals surface area (Å²) in [7, 11) is 0. The number of anilines is 1. The molecule has 4 heteroatoms. The summed E-state index contributed by atoms with van der Waals surface area (Å²) in [5, 5.41) is 8.36. The van der Waals surface area contributed by atoms with Crippen LogP contribution in [0.4, 0.5) is 5.69 Å². The lowest BCUT2D eigenvalue weighted by Crippen LogP contribution is -1.93. The SMILES string of the molecule is Cc1cc(C=CC(=O)O)ncc1N. The fourth-order valence-corrected chi connectivity index (χ4v) is 0.836. The van der Waals surface area contributed by atoms with E-state index in [9.17, 15) is 4.79 Å². The van der Waals surface area contributed by atoms with Crippen LogP contribution in [-0.4, -0.2) is 16.1 Å². The monoisotopic (exact) mass is 178 g/mol. The molecular weight excluding hydrogens is 168 g/mol. The molecule has 0 unspecified atom stereocenters. The lowest BCUT2D eigenvalue weighted by molar-refractivity contribution is -0.131. The Balaban J connectivity index is 2.92. The zero-order valence-corrected chi connectivity index (χ0v) is 7.19. The van der Waals surface area contributed by atoms with E-state index in [0.717, 1.165) is 11.6 Å². The standard InChI is InChI=1S/C9H10N2O2/c1-6-4-7(2-3-9(12)13)11-5-8(6)10/h2-5H,10H2,1H3,(H,12,13). The van der Waals surface area contributed by atoms with Crippen molar-refractivity contribution in [3.63, 3.8) is 0 Å². The number of hydrogen-bond donors (Lipinski definition) is 2. The summed E-state index contributed by atoms with van der Waals surface area (Å²) in [6.45, 7) is 1.84. The highest BCUT2D eigenvalue weighted by atomic mass is 16.4. The van der Waals surface area contributed by atoms with Crippen LogP contribution in [0.15, 0.2) is 18.3 Å². The number of nitrogens with two attached hydrogens (primary N) is 1. The molecule has 1 aromatic heterocycles. The highest BCUT2D eigenvalue weighted by molar-refractivity contribution is 5.84. The Morgan fingerprint density at radius 1 is 1.69 bits per heavy atom. The lowest BCUT2D eigenvalue weighted by atomic mass is 10.2. The third kappa shape index (κ3) is 2.59. The summed E-state index contributed by atoms with van der Waals surface area (Å²) in [6, 6.07) is 1.73. The number of rotatable bonds is 2. The van der Waals surface area contributed by atoms with Crippen molar-refractivity contribution in [2.45, 2.75) is 6.92 Å². The van der Waals surface area contributed by atoms with E-state index in [1.54, 1.807) is 6.07 Å². The summed E-state index contributed by atoms with van der Waals surface area (Å²) in [5.74, 6) is -0.990. The number of aryl methyl sites for hydroxylation is 1. The maximum atomic E-state index is 10.2. The molecule has 0 aliphatic rings. The van der Waals surface area contributed by atoms with Crippen molar-refractivity contribution >= 4 is 17.7 Å². The first kappa shape index (κ1) is 9.25. The number of carbonyl (C=O) groups is 1. The second-order valence-electron chi connectivity index (χ2n) is 2.64. The van der Waals surface area contributed by atoms with Crippen LogP contribution < -0.4 is 5.73 Å². The number of carboxylic acids is 1. The minimum absolute atomic E-state index is 0.592. The van der Waals surface area contributed by atoms with Gasteiger partial charge in [-0.2, -0.15) is 0 Å². The third-order valence-corrected chi connectivity index (χ3v) is 1.57. The molecule has 0 radical (unpaired) electrons. The first-order chi connectivity index (χ1) is 6.09. The predicted octanol–water partition coefficient (Wildman–Crippen LogP) is 1.07. The number of carboxylic acid groups (broad SMARTS) is 1. The molecule has 4 nitrogen and oxygen atoms in total. The van der Waals surface area contributed by atoms with Crippen molar-refractivity contribution < 1.29 is 9.90 Å². The summed E-state index contributed by atoms with van der Waals surface area (Å²) >= 11 is 0. The average Bonchev–Trinajstić information content (AvgIpc) is 2.07. The van der Waals surface area contributed by atoms with Crippen molar-refractivity contribution in [1.82, 2.24) is 4.98 Å². The van der Waals surface area contributed by atoms with Crippen LogP contribution in [0.2, 0.25) is 0 Å². The Morgan fingerprint density at radius 3 is 2.92 bits per heavy atom. The predicted molar refractivity (Wildman–Crippen MR) is 50.1 cm³/mol. The van der Waals surface area contributed by atoms with Crippen molar-refractivity contribution in [3.8, 4) is 0 Å². The molecule has 0 aromatic carbocycles.